The lowest BCUT2D eigenvalue weighted by atomic mass is 10.2. The first-order valence-electron chi connectivity index (χ1n) is 6.26. The number of ether oxygens (including phenoxy) is 1. The van der Waals surface area contributed by atoms with Crippen molar-refractivity contribution in [2.45, 2.75) is 17.4 Å². The molecule has 0 aliphatic carbocycles. The molecule has 2 aromatic rings. The number of aromatic nitrogens is 2. The van der Waals surface area contributed by atoms with E-state index in [0.29, 0.717) is 6.54 Å². The van der Waals surface area contributed by atoms with E-state index in [2.05, 4.69) is 16.0 Å². The highest BCUT2D eigenvalue weighted by atomic mass is 32.2. The zero-order valence-electron chi connectivity index (χ0n) is 10.5. The molecule has 5 heteroatoms. The van der Waals surface area contributed by atoms with E-state index in [-0.39, 0.29) is 6.10 Å². The number of nitrogens with zero attached hydrogens (tertiary/aromatic N) is 2. The third-order valence-electron chi connectivity index (χ3n) is 2.95. The molecule has 0 saturated carbocycles. The van der Waals surface area contributed by atoms with E-state index in [4.69, 9.17) is 10.5 Å². The predicted molar refractivity (Wildman–Crippen MR) is 75.3 cm³/mol. The molecule has 4 nitrogen and oxygen atoms in total. The van der Waals surface area contributed by atoms with Crippen molar-refractivity contribution in [2.24, 2.45) is 5.73 Å². The Hall–Kier alpha value is -1.59. The summed E-state index contributed by atoms with van der Waals surface area (Å²) in [5.41, 5.74) is 6.58. The Morgan fingerprint density at radius 3 is 2.84 bits per heavy atom. The van der Waals surface area contributed by atoms with Crippen LogP contribution in [0.1, 0.15) is 17.5 Å². The van der Waals surface area contributed by atoms with E-state index in [1.165, 1.54) is 4.90 Å². The maximum Gasteiger partial charge on any atom is 0.170 e. The van der Waals surface area contributed by atoms with E-state index >= 15 is 0 Å². The van der Waals surface area contributed by atoms with Crippen LogP contribution in [-0.2, 0) is 6.42 Å². The van der Waals surface area contributed by atoms with Gasteiger partial charge in [0.25, 0.3) is 0 Å². The average molecular weight is 273 g/mol. The van der Waals surface area contributed by atoms with Crippen LogP contribution in [0.15, 0.2) is 41.6 Å². The second-order valence-corrected chi connectivity index (χ2v) is 5.41. The summed E-state index contributed by atoms with van der Waals surface area (Å²) in [6.45, 7) is 0.617. The highest BCUT2D eigenvalue weighted by Gasteiger charge is 2.23. The van der Waals surface area contributed by atoms with E-state index in [1.54, 1.807) is 11.8 Å². The van der Waals surface area contributed by atoms with Crippen molar-refractivity contribution in [1.82, 2.24) is 9.97 Å². The molecule has 0 spiro atoms. The van der Waals surface area contributed by atoms with Crippen LogP contribution in [0, 0.1) is 0 Å². The van der Waals surface area contributed by atoms with Gasteiger partial charge in [-0.25, -0.2) is 9.97 Å². The van der Waals surface area contributed by atoms with Crippen molar-refractivity contribution in [3.8, 4) is 5.75 Å². The van der Waals surface area contributed by atoms with Crippen molar-refractivity contribution in [2.75, 3.05) is 12.3 Å². The van der Waals surface area contributed by atoms with Gasteiger partial charge in [-0.2, -0.15) is 0 Å². The van der Waals surface area contributed by atoms with Crippen LogP contribution in [0.3, 0.4) is 0 Å². The van der Waals surface area contributed by atoms with Crippen molar-refractivity contribution in [3.63, 3.8) is 0 Å². The molecule has 2 N–H and O–H groups in total. The van der Waals surface area contributed by atoms with Crippen LogP contribution < -0.4 is 10.5 Å². The molecule has 1 aliphatic heterocycles. The van der Waals surface area contributed by atoms with E-state index in [1.807, 2.05) is 30.6 Å². The summed E-state index contributed by atoms with van der Waals surface area (Å²) in [4.78, 5) is 9.96. The Labute approximate surface area is 116 Å². The summed E-state index contributed by atoms with van der Waals surface area (Å²) < 4.78 is 5.95. The van der Waals surface area contributed by atoms with Gasteiger partial charge in [0.05, 0.1) is 0 Å². The molecule has 1 aromatic carbocycles. The largest absolute Gasteiger partial charge is 0.480 e. The molecule has 0 amide bonds. The predicted octanol–water partition coefficient (Wildman–Crippen LogP) is 2.20. The summed E-state index contributed by atoms with van der Waals surface area (Å²) in [6.07, 6.45) is 4.41. The molecule has 2 heterocycles. The molecular formula is C14H15N3OS. The van der Waals surface area contributed by atoms with Gasteiger partial charge in [0.15, 0.2) is 11.9 Å². The SMILES string of the molecule is NCCc1cnc(C2CSc3ccccc3O2)nc1. The monoisotopic (exact) mass is 273 g/mol. The highest BCUT2D eigenvalue weighted by molar-refractivity contribution is 7.99. The Balaban J connectivity index is 1.77. The van der Waals surface area contributed by atoms with Crippen LogP contribution in [0.25, 0.3) is 0 Å². The fraction of sp³-hybridized carbons (Fsp3) is 0.286. The molecule has 0 bridgehead atoms. The lowest BCUT2D eigenvalue weighted by Gasteiger charge is -2.24. The topological polar surface area (TPSA) is 61.0 Å². The normalized spacial score (nSPS) is 17.6. The smallest absolute Gasteiger partial charge is 0.170 e. The van der Waals surface area contributed by atoms with Crippen molar-refractivity contribution >= 4 is 11.8 Å². The summed E-state index contributed by atoms with van der Waals surface area (Å²) in [5, 5.41) is 0. The minimum absolute atomic E-state index is 0.0770. The first kappa shape index (κ1) is 12.4. The lowest BCUT2D eigenvalue weighted by Crippen LogP contribution is -2.17. The molecular weight excluding hydrogens is 258 g/mol. The number of fused-ring (bicyclic) bond motifs is 1. The summed E-state index contributed by atoms with van der Waals surface area (Å²) in [7, 11) is 0. The second-order valence-electron chi connectivity index (χ2n) is 4.35. The molecule has 1 aromatic heterocycles. The number of rotatable bonds is 3. The van der Waals surface area contributed by atoms with Gasteiger partial charge in [0.1, 0.15) is 5.75 Å². The van der Waals surface area contributed by atoms with Crippen LogP contribution in [0.4, 0.5) is 0 Å². The molecule has 1 aliphatic rings. The van der Waals surface area contributed by atoms with Gasteiger partial charge in [-0.3, -0.25) is 0 Å². The quantitative estimate of drug-likeness (QED) is 0.929. The fourth-order valence-electron chi connectivity index (χ4n) is 1.97. The van der Waals surface area contributed by atoms with E-state index in [0.717, 1.165) is 29.3 Å². The number of hydrogen-bond donors (Lipinski definition) is 1. The Kier molecular flexibility index (Phi) is 3.66. The van der Waals surface area contributed by atoms with E-state index in [9.17, 15) is 0 Å². The fourth-order valence-corrected chi connectivity index (χ4v) is 2.95. The maximum absolute atomic E-state index is 5.95. The Morgan fingerprint density at radius 1 is 1.26 bits per heavy atom. The molecule has 0 radical (unpaired) electrons. The maximum atomic E-state index is 5.95. The van der Waals surface area contributed by atoms with Gasteiger partial charge in [-0.15, -0.1) is 11.8 Å². The lowest BCUT2D eigenvalue weighted by molar-refractivity contribution is 0.210. The van der Waals surface area contributed by atoms with Gasteiger partial charge < -0.3 is 10.5 Å². The minimum atomic E-state index is -0.0770. The summed E-state index contributed by atoms with van der Waals surface area (Å²) in [6, 6.07) is 8.05. The number of nitrogens with two attached hydrogens (primary N) is 1. The van der Waals surface area contributed by atoms with Gasteiger partial charge in [-0.05, 0) is 30.7 Å². The first-order valence-corrected chi connectivity index (χ1v) is 7.25. The first-order chi connectivity index (χ1) is 9.36. The van der Waals surface area contributed by atoms with Crippen molar-refractivity contribution < 1.29 is 4.74 Å². The standard InChI is InChI=1S/C14H15N3OS/c15-6-5-10-7-16-14(17-8-10)12-9-19-13-4-2-1-3-11(13)18-12/h1-4,7-8,12H,5-6,9,15H2. The van der Waals surface area contributed by atoms with Gasteiger partial charge in [0, 0.05) is 23.0 Å². The molecule has 1 unspecified atom stereocenters. The molecule has 3 rings (SSSR count). The zero-order chi connectivity index (χ0) is 13.1. The third kappa shape index (κ3) is 2.72. The molecule has 19 heavy (non-hydrogen) atoms. The Morgan fingerprint density at radius 2 is 2.05 bits per heavy atom. The third-order valence-corrected chi connectivity index (χ3v) is 4.07. The van der Waals surface area contributed by atoms with Gasteiger partial charge >= 0.3 is 0 Å². The van der Waals surface area contributed by atoms with Crippen LogP contribution in [0.5, 0.6) is 5.75 Å². The number of thioether (sulfide) groups is 1. The minimum Gasteiger partial charge on any atom is -0.480 e. The molecule has 0 fully saturated rings. The summed E-state index contributed by atoms with van der Waals surface area (Å²) in [5.74, 6) is 2.49. The second kappa shape index (κ2) is 5.59. The Bertz CT molecular complexity index is 559. The van der Waals surface area contributed by atoms with Crippen LogP contribution >= 0.6 is 11.8 Å². The molecule has 0 saturated heterocycles. The highest BCUT2D eigenvalue weighted by Crippen LogP contribution is 2.39. The van der Waals surface area contributed by atoms with Gasteiger partial charge in [-0.1, -0.05) is 12.1 Å². The van der Waals surface area contributed by atoms with Crippen molar-refractivity contribution in [3.05, 3.63) is 48.0 Å². The molecule has 98 valence electrons. The average Bonchev–Trinajstić information content (AvgIpc) is 2.48. The van der Waals surface area contributed by atoms with Gasteiger partial charge in [0.2, 0.25) is 0 Å². The van der Waals surface area contributed by atoms with E-state index < -0.39 is 0 Å². The molecule has 1 atom stereocenters. The number of hydrogen-bond acceptors (Lipinski definition) is 5. The van der Waals surface area contributed by atoms with Crippen LogP contribution in [0.2, 0.25) is 0 Å². The van der Waals surface area contributed by atoms with Crippen LogP contribution in [-0.4, -0.2) is 22.3 Å². The number of para-hydroxylation sites is 1. The zero-order valence-corrected chi connectivity index (χ0v) is 11.3. The number of benzene rings is 1. The van der Waals surface area contributed by atoms with Crippen molar-refractivity contribution in [1.29, 1.82) is 0 Å². The summed E-state index contributed by atoms with van der Waals surface area (Å²) >= 11 is 1.78.